The first-order valence-corrected chi connectivity index (χ1v) is 17.2. The molecule has 3 aliphatic rings. The van der Waals surface area contributed by atoms with Crippen molar-refractivity contribution in [2.24, 2.45) is 5.92 Å². The quantitative estimate of drug-likeness (QED) is 0.116. The van der Waals surface area contributed by atoms with Crippen molar-refractivity contribution >= 4 is 17.0 Å². The third-order valence-corrected chi connectivity index (χ3v) is 9.80. The number of piperidine rings is 3. The Morgan fingerprint density at radius 3 is 2.42 bits per heavy atom. The molecule has 0 saturated carbocycles. The molecule has 1 amide bonds. The lowest BCUT2D eigenvalue weighted by molar-refractivity contribution is -0.0336. The number of pyridine rings is 1. The number of nitrogens with one attached hydrogen (secondary N) is 3. The second kappa shape index (κ2) is 15.2. The van der Waals surface area contributed by atoms with Gasteiger partial charge in [0.1, 0.15) is 24.2 Å². The highest BCUT2D eigenvalue weighted by Gasteiger charge is 2.37. The summed E-state index contributed by atoms with van der Waals surface area (Å²) in [6, 6.07) is 31.5. The summed E-state index contributed by atoms with van der Waals surface area (Å²) in [7, 11) is 0. The molecule has 10 heteroatoms. The fraction of sp³-hybridized carbons (Fsp3) is 0.300. The predicted octanol–water partition coefficient (Wildman–Crippen LogP) is 5.55. The van der Waals surface area contributed by atoms with E-state index in [-0.39, 0.29) is 24.0 Å². The Labute approximate surface area is 290 Å². The number of H-pyrrole nitrogens is 1. The summed E-state index contributed by atoms with van der Waals surface area (Å²) in [6.45, 7) is 4.19. The molecular formula is C40H42N4O6. The molecule has 0 radical (unpaired) electrons. The number of phenols is 1. The summed E-state index contributed by atoms with van der Waals surface area (Å²) < 4.78 is 12.2. The summed E-state index contributed by atoms with van der Waals surface area (Å²) in [5.41, 5.74) is 4.52. The molecule has 4 heterocycles. The first-order valence-electron chi connectivity index (χ1n) is 17.2. The third kappa shape index (κ3) is 7.83. The van der Waals surface area contributed by atoms with Crippen molar-refractivity contribution in [3.05, 3.63) is 141 Å². The fourth-order valence-corrected chi connectivity index (χ4v) is 7.05. The topological polar surface area (TPSA) is 136 Å². The molecule has 258 valence electrons. The number of aromatic hydroxyl groups is 1. The number of hydrogen-bond acceptors (Lipinski definition) is 8. The lowest BCUT2D eigenvalue weighted by Crippen LogP contribution is -2.52. The molecule has 4 aromatic carbocycles. The number of carbonyl (C=O) groups excluding carboxylic acids is 1. The second-order valence-electron chi connectivity index (χ2n) is 13.2. The zero-order valence-corrected chi connectivity index (χ0v) is 27.8. The van der Waals surface area contributed by atoms with Crippen molar-refractivity contribution in [1.82, 2.24) is 20.5 Å². The molecule has 3 saturated heterocycles. The van der Waals surface area contributed by atoms with Gasteiger partial charge in [-0.2, -0.15) is 0 Å². The van der Waals surface area contributed by atoms with Crippen LogP contribution in [0.5, 0.6) is 11.5 Å². The van der Waals surface area contributed by atoms with Gasteiger partial charge in [0, 0.05) is 31.1 Å². The van der Waals surface area contributed by atoms with Crippen molar-refractivity contribution in [1.29, 1.82) is 0 Å². The summed E-state index contributed by atoms with van der Waals surface area (Å²) in [6.07, 6.45) is 0.847. The van der Waals surface area contributed by atoms with Crippen molar-refractivity contribution in [3.63, 3.8) is 0 Å². The highest BCUT2D eigenvalue weighted by Crippen LogP contribution is 2.31. The number of aromatic amines is 1. The van der Waals surface area contributed by atoms with Crippen LogP contribution in [0.3, 0.4) is 0 Å². The molecular weight excluding hydrogens is 632 g/mol. The van der Waals surface area contributed by atoms with Gasteiger partial charge in [0.15, 0.2) is 0 Å². The van der Waals surface area contributed by atoms with Gasteiger partial charge >= 0.3 is 6.09 Å². The van der Waals surface area contributed by atoms with Crippen LogP contribution < -0.4 is 20.9 Å². The van der Waals surface area contributed by atoms with E-state index in [1.165, 1.54) is 12.1 Å². The summed E-state index contributed by atoms with van der Waals surface area (Å²) in [4.78, 5) is 29.9. The summed E-state index contributed by atoms with van der Waals surface area (Å²) >= 11 is 0. The van der Waals surface area contributed by atoms with E-state index in [1.54, 1.807) is 12.1 Å². The first-order chi connectivity index (χ1) is 24.4. The molecule has 0 spiro atoms. The highest BCUT2D eigenvalue weighted by molar-refractivity contribution is 5.87. The molecule has 1 aromatic heterocycles. The van der Waals surface area contributed by atoms with Crippen LogP contribution in [-0.2, 0) is 17.9 Å². The number of phenolic OH excluding ortho intramolecular Hbond substituents is 1. The number of alkyl carbamates (subject to hydrolysis) is 1. The lowest BCUT2D eigenvalue weighted by Gasteiger charge is -2.43. The maximum Gasteiger partial charge on any atom is 0.408 e. The Morgan fingerprint density at radius 1 is 0.900 bits per heavy atom. The van der Waals surface area contributed by atoms with E-state index in [0.29, 0.717) is 41.3 Å². The van der Waals surface area contributed by atoms with E-state index in [2.05, 4.69) is 20.5 Å². The van der Waals surface area contributed by atoms with E-state index < -0.39 is 18.2 Å². The lowest BCUT2D eigenvalue weighted by atomic mass is 9.86. The van der Waals surface area contributed by atoms with Crippen molar-refractivity contribution < 1.29 is 24.5 Å². The number of amides is 1. The van der Waals surface area contributed by atoms with E-state index >= 15 is 0 Å². The van der Waals surface area contributed by atoms with E-state index in [1.807, 2.05) is 78.9 Å². The number of carbonyl (C=O) groups is 1. The van der Waals surface area contributed by atoms with Gasteiger partial charge in [0.05, 0.1) is 17.7 Å². The standard InChI is InChI=1S/C40H42N4O6/c45-34-15-13-32(33-14-16-37(47)42-39(33)34)35(46)23-41-22-26-9-11-27(12-10-26)25-49-31-8-4-7-30(21-31)38(29-5-2-1-3-6-29)43-40(48)50-36-24-44-19-17-28(36)18-20-44/h1-16,21,28,35-36,38,41,45-46H,17-20,22-25H2,(H,42,47)(H,43,48)/t35-,36-,38-/m0/s1. The van der Waals surface area contributed by atoms with E-state index in [0.717, 1.165) is 54.7 Å². The normalized spacial score (nSPS) is 19.5. The summed E-state index contributed by atoms with van der Waals surface area (Å²) in [5.74, 6) is 1.09. The van der Waals surface area contributed by atoms with Gasteiger partial charge in [-0.1, -0.05) is 72.8 Å². The third-order valence-electron chi connectivity index (χ3n) is 9.80. The maximum absolute atomic E-state index is 13.2. The minimum atomic E-state index is -0.833. The molecule has 3 aliphatic heterocycles. The Morgan fingerprint density at radius 2 is 1.66 bits per heavy atom. The monoisotopic (exact) mass is 674 g/mol. The maximum atomic E-state index is 13.2. The highest BCUT2D eigenvalue weighted by atomic mass is 16.6. The average Bonchev–Trinajstić information content (AvgIpc) is 3.15. The predicted molar refractivity (Wildman–Crippen MR) is 191 cm³/mol. The molecule has 50 heavy (non-hydrogen) atoms. The zero-order valence-electron chi connectivity index (χ0n) is 27.8. The second-order valence-corrected chi connectivity index (χ2v) is 13.2. The van der Waals surface area contributed by atoms with Crippen LogP contribution in [-0.4, -0.2) is 58.5 Å². The Kier molecular flexibility index (Phi) is 10.1. The van der Waals surface area contributed by atoms with Gasteiger partial charge in [-0.3, -0.25) is 9.69 Å². The summed E-state index contributed by atoms with van der Waals surface area (Å²) in [5, 5.41) is 28.0. The molecule has 5 aromatic rings. The van der Waals surface area contributed by atoms with E-state index in [9.17, 15) is 19.8 Å². The van der Waals surface area contributed by atoms with Crippen molar-refractivity contribution in [2.75, 3.05) is 26.2 Å². The minimum absolute atomic E-state index is 0.0385. The van der Waals surface area contributed by atoms with Crippen LogP contribution in [0.15, 0.2) is 108 Å². The Hall–Kier alpha value is -5.16. The van der Waals surface area contributed by atoms with Gasteiger partial charge in [-0.15, -0.1) is 0 Å². The number of aromatic nitrogens is 1. The number of nitrogens with zero attached hydrogens (tertiary/aromatic N) is 1. The molecule has 10 nitrogen and oxygen atoms in total. The largest absolute Gasteiger partial charge is 0.506 e. The number of rotatable bonds is 12. The molecule has 0 aliphatic carbocycles. The first kappa shape index (κ1) is 33.3. The van der Waals surface area contributed by atoms with E-state index in [4.69, 9.17) is 9.47 Å². The van der Waals surface area contributed by atoms with Gasteiger partial charge in [-0.25, -0.2) is 4.79 Å². The smallest absolute Gasteiger partial charge is 0.408 e. The zero-order chi connectivity index (χ0) is 34.5. The average molecular weight is 675 g/mol. The number of hydrogen-bond donors (Lipinski definition) is 5. The van der Waals surface area contributed by atoms with Crippen LogP contribution in [0.25, 0.3) is 10.9 Å². The molecule has 3 fully saturated rings. The molecule has 3 atom stereocenters. The number of aliphatic hydroxyl groups is 1. The fourth-order valence-electron chi connectivity index (χ4n) is 7.05. The van der Waals surface area contributed by atoms with Crippen LogP contribution in [0.4, 0.5) is 4.79 Å². The number of benzene rings is 4. The van der Waals surface area contributed by atoms with Crippen molar-refractivity contribution in [2.45, 2.75) is 44.2 Å². The van der Waals surface area contributed by atoms with Gasteiger partial charge in [0.2, 0.25) is 5.56 Å². The Bertz CT molecular complexity index is 1970. The van der Waals surface area contributed by atoms with Crippen LogP contribution in [0, 0.1) is 5.92 Å². The van der Waals surface area contributed by atoms with Crippen LogP contribution >= 0.6 is 0 Å². The van der Waals surface area contributed by atoms with Crippen LogP contribution in [0.2, 0.25) is 0 Å². The van der Waals surface area contributed by atoms with Crippen molar-refractivity contribution in [3.8, 4) is 11.5 Å². The number of fused-ring (bicyclic) bond motifs is 4. The van der Waals surface area contributed by atoms with Gasteiger partial charge < -0.3 is 35.3 Å². The SMILES string of the molecule is O=C(N[C@@H](c1ccccc1)c1cccc(OCc2ccc(CNC[C@H](O)c3ccc(O)c4[nH]c(=O)ccc34)cc2)c1)O[C@H]1CN2CCC1CC2. The molecule has 2 bridgehead atoms. The van der Waals surface area contributed by atoms with Gasteiger partial charge in [0.25, 0.3) is 0 Å². The van der Waals surface area contributed by atoms with Gasteiger partial charge in [-0.05, 0) is 83.9 Å². The molecule has 8 rings (SSSR count). The number of ether oxygens (including phenoxy) is 2. The number of aliphatic hydroxyl groups excluding tert-OH is 1. The van der Waals surface area contributed by atoms with Crippen LogP contribution in [0.1, 0.15) is 52.8 Å². The minimum Gasteiger partial charge on any atom is -0.506 e. The molecule has 5 N–H and O–H groups in total. The molecule has 0 unspecified atom stereocenters. The Balaban J connectivity index is 0.939.